The van der Waals surface area contributed by atoms with Gasteiger partial charge in [-0.3, -0.25) is 0 Å². The summed E-state index contributed by atoms with van der Waals surface area (Å²) in [6, 6.07) is 0. The number of carbonyl (C=O) groups excluding carboxylic acids is 6. The maximum absolute atomic E-state index is 8.96. The van der Waals surface area contributed by atoms with Gasteiger partial charge >= 0.3 is 177 Å². The van der Waals surface area contributed by atoms with Crippen LogP contribution in [0.2, 0.25) is 0 Å². The van der Waals surface area contributed by atoms with E-state index in [0.29, 0.717) is 0 Å². The molecule has 0 bridgehead atoms. The van der Waals surface area contributed by atoms with E-state index in [0.717, 1.165) is 0 Å². The topological polar surface area (TPSA) is 518 Å². The number of rotatable bonds is 5. The summed E-state index contributed by atoms with van der Waals surface area (Å²) < 4.78 is 0. The number of hydrogen-bond acceptors (Lipinski definition) is 18. The molecule has 218 valence electrons. The first-order valence-electron chi connectivity index (χ1n) is 7.66. The molecular weight excluding hydrogens is 654 g/mol. The fraction of sp³-hybridized carbons (Fsp3) is 0.500. The minimum absolute atomic E-state index is 0. The van der Waals surface area contributed by atoms with Crippen molar-refractivity contribution in [2.45, 2.75) is 24.4 Å². The Hall–Kier alpha value is 1.38. The predicted octanol–water partition coefficient (Wildman–Crippen LogP) is -31.8. The number of aliphatic hydroxyl groups is 6. The van der Waals surface area contributed by atoms with Gasteiger partial charge in [0.15, 0.2) is 0 Å². The van der Waals surface area contributed by atoms with Crippen molar-refractivity contribution in [2.75, 3.05) is 13.2 Å². The second kappa shape index (κ2) is 65.1. The van der Waals surface area contributed by atoms with Gasteiger partial charge in [-0.25, -0.2) is 0 Å². The molecule has 42 heavy (non-hydrogen) atoms. The summed E-state index contributed by atoms with van der Waals surface area (Å²) in [6.45, 7) is -1.45. The van der Waals surface area contributed by atoms with Crippen LogP contribution in [0.3, 0.4) is 0 Å². The van der Waals surface area contributed by atoms with Gasteiger partial charge in [-0.2, -0.15) is 0 Å². The van der Waals surface area contributed by atoms with E-state index >= 15 is 0 Å². The molecule has 0 saturated carbocycles. The van der Waals surface area contributed by atoms with Crippen molar-refractivity contribution in [3.05, 3.63) is 0 Å². The van der Waals surface area contributed by atoms with Crippen LogP contribution in [0, 0.1) is 0 Å². The Morgan fingerprint density at radius 2 is 0.476 bits per heavy atom. The van der Waals surface area contributed by atoms with Crippen LogP contribution in [0.5, 0.6) is 0 Å². The SMILES string of the molecule is NC(=O)[O-].NC(=O)[O-].NC(=O)[O-].NC(=O)[O-].NC(=O)[O-].NC(=O)[O-].OC[C@@H](O)[C@@H](O)[C@H](O)[C@H](O)CO.[Na+].[Na+].[Na+].[Na+].[Na+].[Na+]. The van der Waals surface area contributed by atoms with Crippen molar-refractivity contribution in [2.24, 2.45) is 34.4 Å². The number of amides is 6. The third-order valence-corrected chi connectivity index (χ3v) is 1.51. The number of carbonyl (C=O) groups is 6. The number of carboxylic acid groups (broad SMARTS) is 6. The third-order valence-electron chi connectivity index (χ3n) is 1.51. The maximum atomic E-state index is 8.96. The Morgan fingerprint density at radius 3 is 0.524 bits per heavy atom. The van der Waals surface area contributed by atoms with E-state index in [1.165, 1.54) is 0 Å². The van der Waals surface area contributed by atoms with Gasteiger partial charge in [0.2, 0.25) is 0 Å². The van der Waals surface area contributed by atoms with Crippen molar-refractivity contribution < 1.29 is 267 Å². The molecule has 4 atom stereocenters. The van der Waals surface area contributed by atoms with Gasteiger partial charge in [0, 0.05) is 0 Å². The molecule has 0 aromatic rings. The maximum Gasteiger partial charge on any atom is 1.00 e. The Labute approximate surface area is 370 Å². The van der Waals surface area contributed by atoms with Crippen LogP contribution in [-0.4, -0.2) is 105 Å². The molecule has 0 aliphatic heterocycles. The molecule has 0 radical (unpaired) electrons. The van der Waals surface area contributed by atoms with Crippen LogP contribution in [0.4, 0.5) is 28.8 Å². The minimum atomic E-state index is -1.67. The second-order valence-corrected chi connectivity index (χ2v) is 4.40. The molecule has 0 aromatic carbocycles. The fourth-order valence-electron chi connectivity index (χ4n) is 0.671. The van der Waals surface area contributed by atoms with Crippen LogP contribution < -0.4 is 242 Å². The summed E-state index contributed by atoms with van der Waals surface area (Å²) in [6.07, 6.45) is -15.9. The van der Waals surface area contributed by atoms with Crippen molar-refractivity contribution in [3.8, 4) is 0 Å². The zero-order valence-electron chi connectivity index (χ0n) is 23.8. The molecule has 0 aromatic heterocycles. The van der Waals surface area contributed by atoms with Crippen molar-refractivity contribution in [3.63, 3.8) is 0 Å². The van der Waals surface area contributed by atoms with Crippen molar-refractivity contribution in [1.29, 1.82) is 0 Å². The molecule has 0 heterocycles. The molecule has 24 nitrogen and oxygen atoms in total. The Morgan fingerprint density at radius 1 is 0.405 bits per heavy atom. The summed E-state index contributed by atoms with van der Waals surface area (Å²) in [5.41, 5.74) is 23.5. The van der Waals surface area contributed by atoms with Gasteiger partial charge < -0.3 is 124 Å². The minimum Gasteiger partial charge on any atom is -0.530 e. The Kier molecular flexibility index (Phi) is 131. The molecule has 0 unspecified atom stereocenters. The number of primary amides is 6. The normalized spacial score (nSPS) is 9.57. The molecule has 0 fully saturated rings. The van der Waals surface area contributed by atoms with E-state index in [1.807, 2.05) is 0 Å². The monoisotopic (exact) mass is 680 g/mol. The van der Waals surface area contributed by atoms with Gasteiger partial charge in [0.25, 0.3) is 0 Å². The summed E-state index contributed by atoms with van der Waals surface area (Å²) in [4.78, 5) is 52.0. The largest absolute Gasteiger partial charge is 1.00 e. The predicted molar refractivity (Wildman–Crippen MR) is 95.7 cm³/mol. The first-order valence-corrected chi connectivity index (χ1v) is 7.66. The van der Waals surface area contributed by atoms with Gasteiger partial charge in [0.05, 0.1) is 13.2 Å². The van der Waals surface area contributed by atoms with Crippen LogP contribution in [0.1, 0.15) is 0 Å². The summed E-state index contributed by atoms with van der Waals surface area (Å²) in [7, 11) is 0. The van der Waals surface area contributed by atoms with Crippen LogP contribution in [0.15, 0.2) is 0 Å². The van der Waals surface area contributed by atoms with E-state index in [-0.39, 0.29) is 177 Å². The van der Waals surface area contributed by atoms with Crippen LogP contribution >= 0.6 is 0 Å². The van der Waals surface area contributed by atoms with Gasteiger partial charge in [-0.15, -0.1) is 0 Å². The summed E-state index contributed by atoms with van der Waals surface area (Å²) >= 11 is 0. The number of nitrogens with two attached hydrogens (primary N) is 6. The van der Waals surface area contributed by atoms with E-state index in [1.54, 1.807) is 0 Å². The molecule has 18 N–H and O–H groups in total. The van der Waals surface area contributed by atoms with E-state index < -0.39 is 74.2 Å². The average Bonchev–Trinajstić information content (AvgIpc) is 2.62. The van der Waals surface area contributed by atoms with Crippen LogP contribution in [-0.2, 0) is 0 Å². The molecule has 30 heteroatoms. The van der Waals surface area contributed by atoms with Gasteiger partial charge in [-0.05, 0) is 0 Å². The van der Waals surface area contributed by atoms with Crippen molar-refractivity contribution >= 4 is 36.6 Å². The summed E-state index contributed by atoms with van der Waals surface area (Å²) in [5.74, 6) is 0. The average molecular weight is 680 g/mol. The number of hydrogen-bond donors (Lipinski definition) is 12. The molecule has 0 aliphatic carbocycles. The quantitative estimate of drug-likeness (QED) is 0.120. The molecule has 0 spiro atoms. The molecule has 0 rings (SSSR count). The van der Waals surface area contributed by atoms with E-state index in [9.17, 15) is 0 Å². The molecule has 6 amide bonds. The van der Waals surface area contributed by atoms with Gasteiger partial charge in [-0.1, -0.05) is 0 Å². The van der Waals surface area contributed by atoms with E-state index in [2.05, 4.69) is 34.4 Å². The standard InChI is InChI=1S/C6H14O6.6CH3NO2.6Na/c7-1-3(9)5(11)6(12)4(10)2-8;6*2-1(3)4;;;;;;/h3-12H,1-2H2;6*2H2,(H,3,4);;;;;;/q;;;;;;;6*+1/p-6/t3-,4-,5-,6-;;;;;;;;;;;;/m1............/s1. The summed E-state index contributed by atoms with van der Waals surface area (Å²) in [5, 5.41) is 104. The third kappa shape index (κ3) is 223. The van der Waals surface area contributed by atoms with Crippen LogP contribution in [0.25, 0.3) is 0 Å². The first-order chi connectivity index (χ1) is 15.9. The smallest absolute Gasteiger partial charge is 0.530 e. The Balaban J connectivity index is -0.0000000222. The molecule has 0 aliphatic rings. The zero-order chi connectivity index (χ0) is 31.2. The van der Waals surface area contributed by atoms with Crippen molar-refractivity contribution in [1.82, 2.24) is 0 Å². The van der Waals surface area contributed by atoms with Gasteiger partial charge in [0.1, 0.15) is 61.0 Å². The van der Waals surface area contributed by atoms with E-state index in [4.69, 9.17) is 90.0 Å². The molecular formula is C12H26N6Na6O18. The Bertz CT molecular complexity index is 487. The first kappa shape index (κ1) is 84.4. The zero-order valence-corrected chi connectivity index (χ0v) is 35.8. The molecule has 0 saturated heterocycles. The fourth-order valence-corrected chi connectivity index (χ4v) is 0.671. The second-order valence-electron chi connectivity index (χ2n) is 4.40. The number of aliphatic hydroxyl groups excluding tert-OH is 6.